The second-order valence-electron chi connectivity index (χ2n) is 5.64. The maximum atomic E-state index is 12.2. The van der Waals surface area contributed by atoms with Gasteiger partial charge in [-0.25, -0.2) is 23.3 Å². The molecule has 0 radical (unpaired) electrons. The number of anilines is 1. The van der Waals surface area contributed by atoms with Crippen LogP contribution in [0.4, 0.5) is 5.69 Å². The first-order valence-corrected chi connectivity index (χ1v) is 9.26. The van der Waals surface area contributed by atoms with Crippen LogP contribution in [0.1, 0.15) is 17.3 Å². The summed E-state index contributed by atoms with van der Waals surface area (Å²) in [5.41, 5.74) is 1.58. The number of ether oxygens (including phenoxy) is 1. The minimum Gasteiger partial charge on any atom is -0.449 e. The molecule has 0 bridgehead atoms. The van der Waals surface area contributed by atoms with Crippen LogP contribution in [-0.2, 0) is 19.6 Å². The van der Waals surface area contributed by atoms with E-state index < -0.39 is 28.0 Å². The van der Waals surface area contributed by atoms with Gasteiger partial charge >= 0.3 is 5.97 Å². The molecule has 0 aliphatic heterocycles. The van der Waals surface area contributed by atoms with Crippen molar-refractivity contribution in [3.63, 3.8) is 0 Å². The van der Waals surface area contributed by atoms with Gasteiger partial charge in [-0.2, -0.15) is 0 Å². The maximum absolute atomic E-state index is 12.2. The number of aromatic nitrogens is 1. The standard InChI is InChI=1S/C17H15N3O6S/c1-10(16(21)20-12-3-5-13(6-4-12)27(18,23)24)26-17(22)11-2-7-14-15(8-11)25-9-19-14/h2-10H,1H3,(H,20,21)(H2,18,23,24). The molecule has 1 amide bonds. The highest BCUT2D eigenvalue weighted by molar-refractivity contribution is 7.89. The number of carbonyl (C=O) groups is 2. The van der Waals surface area contributed by atoms with Gasteiger partial charge in [-0.1, -0.05) is 0 Å². The molecule has 3 rings (SSSR count). The zero-order valence-corrected chi connectivity index (χ0v) is 14.9. The van der Waals surface area contributed by atoms with Gasteiger partial charge in [-0.3, -0.25) is 4.79 Å². The predicted octanol–water partition coefficient (Wildman–Crippen LogP) is 1.66. The Balaban J connectivity index is 1.63. The van der Waals surface area contributed by atoms with Crippen LogP contribution in [0.2, 0.25) is 0 Å². The molecule has 1 heterocycles. The van der Waals surface area contributed by atoms with E-state index in [0.717, 1.165) is 0 Å². The van der Waals surface area contributed by atoms with Crippen molar-refractivity contribution in [2.75, 3.05) is 5.32 Å². The third kappa shape index (κ3) is 4.30. The van der Waals surface area contributed by atoms with E-state index in [-0.39, 0.29) is 10.5 Å². The fourth-order valence-electron chi connectivity index (χ4n) is 2.24. The van der Waals surface area contributed by atoms with Gasteiger partial charge < -0.3 is 14.5 Å². The Bertz CT molecular complexity index is 1110. The fourth-order valence-corrected chi connectivity index (χ4v) is 2.75. The molecule has 0 fully saturated rings. The molecule has 2 aromatic carbocycles. The van der Waals surface area contributed by atoms with Gasteiger partial charge in [-0.05, 0) is 49.4 Å². The second kappa shape index (κ2) is 7.17. The van der Waals surface area contributed by atoms with Crippen LogP contribution in [0.3, 0.4) is 0 Å². The van der Waals surface area contributed by atoms with Gasteiger partial charge in [0.2, 0.25) is 10.0 Å². The van der Waals surface area contributed by atoms with Crippen molar-refractivity contribution in [3.8, 4) is 0 Å². The lowest BCUT2D eigenvalue weighted by atomic mass is 10.2. The molecule has 9 nitrogen and oxygen atoms in total. The first-order valence-electron chi connectivity index (χ1n) is 7.72. The van der Waals surface area contributed by atoms with Crippen molar-refractivity contribution in [1.29, 1.82) is 0 Å². The van der Waals surface area contributed by atoms with Crippen molar-refractivity contribution in [2.24, 2.45) is 5.14 Å². The highest BCUT2D eigenvalue weighted by Crippen LogP contribution is 2.16. The minimum absolute atomic E-state index is 0.0808. The summed E-state index contributed by atoms with van der Waals surface area (Å²) in [5, 5.41) is 7.53. The number of nitrogens with two attached hydrogens (primary N) is 1. The lowest BCUT2D eigenvalue weighted by molar-refractivity contribution is -0.123. The molecule has 1 unspecified atom stereocenters. The van der Waals surface area contributed by atoms with E-state index >= 15 is 0 Å². The average molecular weight is 389 g/mol. The Kier molecular flexibility index (Phi) is 4.93. The van der Waals surface area contributed by atoms with Crippen molar-refractivity contribution in [1.82, 2.24) is 4.98 Å². The summed E-state index contributed by atoms with van der Waals surface area (Å²) in [7, 11) is -3.82. The predicted molar refractivity (Wildman–Crippen MR) is 95.3 cm³/mol. The summed E-state index contributed by atoms with van der Waals surface area (Å²) >= 11 is 0. The van der Waals surface area contributed by atoms with E-state index in [2.05, 4.69) is 10.3 Å². The molecule has 0 spiro atoms. The molecular formula is C17H15N3O6S. The number of rotatable bonds is 5. The third-order valence-electron chi connectivity index (χ3n) is 3.67. The molecule has 0 saturated carbocycles. The van der Waals surface area contributed by atoms with E-state index in [4.69, 9.17) is 14.3 Å². The molecule has 1 aromatic heterocycles. The molecule has 0 aliphatic rings. The number of primary sulfonamides is 1. The highest BCUT2D eigenvalue weighted by Gasteiger charge is 2.20. The SMILES string of the molecule is CC(OC(=O)c1ccc2ncoc2c1)C(=O)Nc1ccc(S(N)(=O)=O)cc1. The van der Waals surface area contributed by atoms with Gasteiger partial charge in [0.1, 0.15) is 5.52 Å². The Morgan fingerprint density at radius 1 is 1.19 bits per heavy atom. The highest BCUT2D eigenvalue weighted by atomic mass is 32.2. The smallest absolute Gasteiger partial charge is 0.339 e. The Morgan fingerprint density at radius 2 is 1.89 bits per heavy atom. The fraction of sp³-hybridized carbons (Fsp3) is 0.118. The summed E-state index contributed by atoms with van der Waals surface area (Å²) < 4.78 is 32.7. The molecule has 10 heteroatoms. The van der Waals surface area contributed by atoms with Gasteiger partial charge in [0, 0.05) is 5.69 Å². The lowest BCUT2D eigenvalue weighted by Crippen LogP contribution is -2.30. The molecule has 27 heavy (non-hydrogen) atoms. The van der Waals surface area contributed by atoms with Gasteiger partial charge in [0.15, 0.2) is 18.1 Å². The monoisotopic (exact) mass is 389 g/mol. The number of sulfonamides is 1. The van der Waals surface area contributed by atoms with Crippen molar-refractivity contribution < 1.29 is 27.2 Å². The molecule has 0 saturated heterocycles. The lowest BCUT2D eigenvalue weighted by Gasteiger charge is -2.13. The third-order valence-corrected chi connectivity index (χ3v) is 4.60. The van der Waals surface area contributed by atoms with E-state index in [1.54, 1.807) is 6.07 Å². The number of hydrogen-bond donors (Lipinski definition) is 2. The number of hydrogen-bond acceptors (Lipinski definition) is 7. The van der Waals surface area contributed by atoms with Crippen LogP contribution in [0.5, 0.6) is 0 Å². The Labute approximate surface area is 154 Å². The number of nitrogens with one attached hydrogen (secondary N) is 1. The van der Waals surface area contributed by atoms with Gasteiger partial charge in [0.25, 0.3) is 5.91 Å². The van der Waals surface area contributed by atoms with Crippen LogP contribution >= 0.6 is 0 Å². The number of nitrogens with zero attached hydrogens (tertiary/aromatic N) is 1. The molecule has 140 valence electrons. The van der Waals surface area contributed by atoms with Crippen molar-refractivity contribution in [2.45, 2.75) is 17.9 Å². The summed E-state index contributed by atoms with van der Waals surface area (Å²) in [6, 6.07) is 9.87. The molecular weight excluding hydrogens is 374 g/mol. The molecule has 0 aliphatic carbocycles. The van der Waals surface area contributed by atoms with E-state index in [1.807, 2.05) is 0 Å². The normalized spacial score (nSPS) is 12.5. The summed E-state index contributed by atoms with van der Waals surface area (Å²) in [4.78, 5) is 28.2. The maximum Gasteiger partial charge on any atom is 0.339 e. The van der Waals surface area contributed by atoms with Crippen LogP contribution in [0, 0.1) is 0 Å². The number of carbonyl (C=O) groups excluding carboxylic acids is 2. The van der Waals surface area contributed by atoms with Crippen LogP contribution in [-0.4, -0.2) is 31.4 Å². The van der Waals surface area contributed by atoms with E-state index in [9.17, 15) is 18.0 Å². The topological polar surface area (TPSA) is 142 Å². The van der Waals surface area contributed by atoms with Crippen molar-refractivity contribution in [3.05, 3.63) is 54.4 Å². The van der Waals surface area contributed by atoms with E-state index in [1.165, 1.54) is 49.7 Å². The second-order valence-corrected chi connectivity index (χ2v) is 7.20. The average Bonchev–Trinajstić information content (AvgIpc) is 3.09. The zero-order chi connectivity index (χ0) is 19.6. The van der Waals surface area contributed by atoms with Crippen LogP contribution < -0.4 is 10.5 Å². The largest absolute Gasteiger partial charge is 0.449 e. The van der Waals surface area contributed by atoms with Gasteiger partial charge in [-0.15, -0.1) is 0 Å². The van der Waals surface area contributed by atoms with Crippen LogP contribution in [0.25, 0.3) is 11.1 Å². The summed E-state index contributed by atoms with van der Waals surface area (Å²) in [6.45, 7) is 1.42. The Hall–Kier alpha value is -3.24. The Morgan fingerprint density at radius 3 is 2.56 bits per heavy atom. The number of fused-ring (bicyclic) bond motifs is 1. The quantitative estimate of drug-likeness (QED) is 0.632. The first kappa shape index (κ1) is 18.5. The van der Waals surface area contributed by atoms with E-state index in [0.29, 0.717) is 16.8 Å². The number of amides is 1. The molecule has 3 aromatic rings. The minimum atomic E-state index is -3.82. The molecule has 3 N–H and O–H groups in total. The zero-order valence-electron chi connectivity index (χ0n) is 14.1. The van der Waals surface area contributed by atoms with Crippen molar-refractivity contribution >= 4 is 38.7 Å². The number of esters is 1. The summed E-state index contributed by atoms with van der Waals surface area (Å²) in [6.07, 6.45) is 0.178. The first-order chi connectivity index (χ1) is 12.7. The number of benzene rings is 2. The summed E-state index contributed by atoms with van der Waals surface area (Å²) in [5.74, 6) is -1.27. The number of oxazole rings is 1. The molecule has 1 atom stereocenters. The van der Waals surface area contributed by atoms with Gasteiger partial charge in [0.05, 0.1) is 10.5 Å². The van der Waals surface area contributed by atoms with Crippen LogP contribution in [0.15, 0.2) is 58.2 Å².